The van der Waals surface area contributed by atoms with Gasteiger partial charge in [-0.3, -0.25) is 4.79 Å². The Morgan fingerprint density at radius 1 is 1.09 bits per heavy atom. The highest BCUT2D eigenvalue weighted by Crippen LogP contribution is 2.40. The van der Waals surface area contributed by atoms with Crippen molar-refractivity contribution >= 4 is 27.3 Å². The van der Waals surface area contributed by atoms with Gasteiger partial charge in [0.1, 0.15) is 0 Å². The summed E-state index contributed by atoms with van der Waals surface area (Å²) in [4.78, 5) is 15.7. The average molecular weight is 314 g/mol. The summed E-state index contributed by atoms with van der Waals surface area (Å²) in [5, 5.41) is 4.64. The van der Waals surface area contributed by atoms with Crippen LogP contribution in [0.5, 0.6) is 0 Å². The molecule has 4 heteroatoms. The van der Waals surface area contributed by atoms with E-state index in [-0.39, 0.29) is 5.91 Å². The molecule has 1 spiro atoms. The van der Waals surface area contributed by atoms with Crippen LogP contribution in [-0.2, 0) is 0 Å². The number of piperidine rings is 2. The summed E-state index contributed by atoms with van der Waals surface area (Å²) in [7, 11) is 0. The molecule has 3 nitrogen and oxygen atoms in total. The standard InChI is InChI=1S/C18H22N2OS/c21-17(16-13-14-3-1-2-4-15(14)22-16)20-11-7-18(8-12-20)5-9-19-10-6-18/h1-4,13,19H,5-12H2. The first-order chi connectivity index (χ1) is 10.8. The predicted molar refractivity (Wildman–Crippen MR) is 91.5 cm³/mol. The molecule has 1 aromatic carbocycles. The van der Waals surface area contributed by atoms with Gasteiger partial charge in [0.2, 0.25) is 0 Å². The molecule has 0 bridgehead atoms. The van der Waals surface area contributed by atoms with E-state index >= 15 is 0 Å². The van der Waals surface area contributed by atoms with E-state index < -0.39 is 0 Å². The van der Waals surface area contributed by atoms with E-state index in [0.29, 0.717) is 5.41 Å². The third-order valence-electron chi connectivity index (χ3n) is 5.41. The van der Waals surface area contributed by atoms with Crippen molar-refractivity contribution in [3.8, 4) is 0 Å². The van der Waals surface area contributed by atoms with E-state index in [1.165, 1.54) is 35.8 Å². The first-order valence-corrected chi connectivity index (χ1v) is 9.06. The van der Waals surface area contributed by atoms with Crippen molar-refractivity contribution in [2.45, 2.75) is 25.7 Å². The van der Waals surface area contributed by atoms with Crippen LogP contribution in [0, 0.1) is 5.41 Å². The van der Waals surface area contributed by atoms with E-state index in [9.17, 15) is 4.79 Å². The van der Waals surface area contributed by atoms with Crippen LogP contribution >= 0.6 is 11.3 Å². The van der Waals surface area contributed by atoms with Crippen molar-refractivity contribution in [2.24, 2.45) is 5.41 Å². The summed E-state index contributed by atoms with van der Waals surface area (Å²) in [5.41, 5.74) is 0.502. The van der Waals surface area contributed by atoms with Gasteiger partial charge < -0.3 is 10.2 Å². The Morgan fingerprint density at radius 2 is 1.82 bits per heavy atom. The number of fused-ring (bicyclic) bond motifs is 1. The second kappa shape index (κ2) is 5.67. The van der Waals surface area contributed by atoms with Crippen molar-refractivity contribution in [3.05, 3.63) is 35.2 Å². The topological polar surface area (TPSA) is 32.3 Å². The van der Waals surface area contributed by atoms with Crippen LogP contribution in [0.25, 0.3) is 10.1 Å². The Kier molecular flexibility index (Phi) is 3.66. The van der Waals surface area contributed by atoms with Crippen LogP contribution in [0.1, 0.15) is 35.4 Å². The van der Waals surface area contributed by atoms with E-state index in [1.807, 2.05) is 12.1 Å². The number of amides is 1. The zero-order valence-electron chi connectivity index (χ0n) is 12.8. The van der Waals surface area contributed by atoms with Crippen molar-refractivity contribution in [3.63, 3.8) is 0 Å². The number of rotatable bonds is 1. The minimum atomic E-state index is 0.227. The predicted octanol–water partition coefficient (Wildman–Crippen LogP) is 3.51. The number of carbonyl (C=O) groups is 1. The van der Waals surface area contributed by atoms with E-state index in [1.54, 1.807) is 11.3 Å². The minimum absolute atomic E-state index is 0.227. The molecule has 3 heterocycles. The number of nitrogens with zero attached hydrogens (tertiary/aromatic N) is 1. The summed E-state index contributed by atoms with van der Waals surface area (Å²) in [6.07, 6.45) is 4.90. The van der Waals surface area contributed by atoms with Crippen molar-refractivity contribution < 1.29 is 4.79 Å². The second-order valence-electron chi connectivity index (χ2n) is 6.69. The van der Waals surface area contributed by atoms with Crippen molar-refractivity contribution in [2.75, 3.05) is 26.2 Å². The third-order valence-corrected chi connectivity index (χ3v) is 6.52. The van der Waals surface area contributed by atoms with Gasteiger partial charge in [-0.05, 0) is 61.7 Å². The maximum atomic E-state index is 12.8. The largest absolute Gasteiger partial charge is 0.338 e. The number of benzene rings is 1. The summed E-state index contributed by atoms with van der Waals surface area (Å²) in [6.45, 7) is 4.13. The van der Waals surface area contributed by atoms with Gasteiger partial charge in [0.15, 0.2) is 0 Å². The monoisotopic (exact) mass is 314 g/mol. The zero-order valence-corrected chi connectivity index (χ0v) is 13.6. The van der Waals surface area contributed by atoms with E-state index in [4.69, 9.17) is 0 Å². The first kappa shape index (κ1) is 14.2. The molecule has 116 valence electrons. The van der Waals surface area contributed by atoms with Gasteiger partial charge in [-0.2, -0.15) is 0 Å². The minimum Gasteiger partial charge on any atom is -0.338 e. The van der Waals surface area contributed by atoms with Crippen LogP contribution in [0.15, 0.2) is 30.3 Å². The lowest BCUT2D eigenvalue weighted by molar-refractivity contribution is 0.0500. The summed E-state index contributed by atoms with van der Waals surface area (Å²) in [5.74, 6) is 0.227. The molecule has 2 aromatic rings. The number of hydrogen-bond acceptors (Lipinski definition) is 3. The Hall–Kier alpha value is -1.39. The lowest BCUT2D eigenvalue weighted by Gasteiger charge is -2.44. The van der Waals surface area contributed by atoms with Crippen LogP contribution in [-0.4, -0.2) is 37.0 Å². The molecule has 1 aromatic heterocycles. The molecule has 1 N–H and O–H groups in total. The smallest absolute Gasteiger partial charge is 0.263 e. The van der Waals surface area contributed by atoms with Crippen LogP contribution in [0.3, 0.4) is 0 Å². The maximum Gasteiger partial charge on any atom is 0.263 e. The Morgan fingerprint density at radius 3 is 2.55 bits per heavy atom. The highest BCUT2D eigenvalue weighted by atomic mass is 32.1. The van der Waals surface area contributed by atoms with E-state index in [2.05, 4.69) is 28.4 Å². The molecule has 1 amide bonds. The second-order valence-corrected chi connectivity index (χ2v) is 7.77. The van der Waals surface area contributed by atoms with Gasteiger partial charge in [0.25, 0.3) is 5.91 Å². The highest BCUT2D eigenvalue weighted by molar-refractivity contribution is 7.20. The van der Waals surface area contributed by atoms with Crippen molar-refractivity contribution in [1.29, 1.82) is 0 Å². The fourth-order valence-electron chi connectivity index (χ4n) is 3.88. The SMILES string of the molecule is O=C(c1cc2ccccc2s1)N1CCC2(CCNCC2)CC1. The van der Waals surface area contributed by atoms with Crippen molar-refractivity contribution in [1.82, 2.24) is 10.2 Å². The van der Waals surface area contributed by atoms with Crippen LogP contribution in [0.2, 0.25) is 0 Å². The molecule has 0 aliphatic carbocycles. The Balaban J connectivity index is 1.47. The lowest BCUT2D eigenvalue weighted by atomic mass is 9.71. The Labute approximate surface area is 135 Å². The molecular formula is C18H22N2OS. The van der Waals surface area contributed by atoms with Gasteiger partial charge in [-0.1, -0.05) is 18.2 Å². The third kappa shape index (κ3) is 2.55. The molecule has 2 aliphatic rings. The summed E-state index contributed by atoms with van der Waals surface area (Å²) in [6, 6.07) is 10.3. The van der Waals surface area contributed by atoms with Crippen LogP contribution in [0.4, 0.5) is 0 Å². The number of hydrogen-bond donors (Lipinski definition) is 1. The molecule has 0 atom stereocenters. The molecule has 2 fully saturated rings. The Bertz CT molecular complexity index is 644. The first-order valence-electron chi connectivity index (χ1n) is 8.24. The molecule has 0 saturated carbocycles. The van der Waals surface area contributed by atoms with Gasteiger partial charge in [-0.15, -0.1) is 11.3 Å². The highest BCUT2D eigenvalue weighted by Gasteiger charge is 2.37. The van der Waals surface area contributed by atoms with E-state index in [0.717, 1.165) is 31.1 Å². The molecule has 2 saturated heterocycles. The van der Waals surface area contributed by atoms with Gasteiger partial charge >= 0.3 is 0 Å². The van der Waals surface area contributed by atoms with Gasteiger partial charge in [0.05, 0.1) is 4.88 Å². The quantitative estimate of drug-likeness (QED) is 0.873. The number of likely N-dealkylation sites (tertiary alicyclic amines) is 1. The summed E-state index contributed by atoms with van der Waals surface area (Å²) < 4.78 is 1.21. The lowest BCUT2D eigenvalue weighted by Crippen LogP contribution is -2.47. The van der Waals surface area contributed by atoms with Crippen LogP contribution < -0.4 is 5.32 Å². The van der Waals surface area contributed by atoms with Gasteiger partial charge in [0, 0.05) is 17.8 Å². The van der Waals surface area contributed by atoms with Gasteiger partial charge in [-0.25, -0.2) is 0 Å². The molecule has 0 radical (unpaired) electrons. The number of thiophene rings is 1. The average Bonchev–Trinajstić information content (AvgIpc) is 3.00. The fraction of sp³-hybridized carbons (Fsp3) is 0.500. The zero-order chi connectivity index (χ0) is 15.0. The maximum absolute atomic E-state index is 12.8. The molecule has 22 heavy (non-hydrogen) atoms. The molecule has 4 rings (SSSR count). The number of carbonyl (C=O) groups excluding carboxylic acids is 1. The molecule has 2 aliphatic heterocycles. The normalized spacial score (nSPS) is 21.4. The molecule has 0 unspecified atom stereocenters. The summed E-state index contributed by atoms with van der Waals surface area (Å²) >= 11 is 1.62. The molecular weight excluding hydrogens is 292 g/mol. The fourth-order valence-corrected chi connectivity index (χ4v) is 4.92. The number of nitrogens with one attached hydrogen (secondary N) is 1.